The summed E-state index contributed by atoms with van der Waals surface area (Å²) in [7, 11) is 0. The van der Waals surface area contributed by atoms with Crippen LogP contribution in [0.2, 0.25) is 0 Å². The van der Waals surface area contributed by atoms with Crippen LogP contribution in [-0.4, -0.2) is 22.3 Å². The van der Waals surface area contributed by atoms with Crippen LogP contribution in [0.3, 0.4) is 0 Å². The SMILES string of the molecule is O=C1N=C2CC=CC(=S)C2=N1. The zero-order valence-electron chi connectivity index (χ0n) is 5.57. The number of aliphatic imine (C=N–C) groups is 2. The van der Waals surface area contributed by atoms with E-state index in [1.54, 1.807) is 6.08 Å². The molecule has 0 atom stereocenters. The molecule has 0 saturated carbocycles. The third-order valence-corrected chi connectivity index (χ3v) is 1.85. The van der Waals surface area contributed by atoms with Crippen LogP contribution in [-0.2, 0) is 0 Å². The molecule has 0 aromatic carbocycles. The Labute approximate surface area is 68.5 Å². The third kappa shape index (κ3) is 0.952. The summed E-state index contributed by atoms with van der Waals surface area (Å²) in [5.74, 6) is 0. The molecule has 0 unspecified atom stereocenters. The van der Waals surface area contributed by atoms with Gasteiger partial charge < -0.3 is 0 Å². The van der Waals surface area contributed by atoms with Crippen LogP contribution in [0.4, 0.5) is 4.79 Å². The van der Waals surface area contributed by atoms with Gasteiger partial charge in [-0.05, 0) is 6.08 Å². The lowest BCUT2D eigenvalue weighted by Gasteiger charge is -2.04. The van der Waals surface area contributed by atoms with Gasteiger partial charge in [0.15, 0.2) is 0 Å². The van der Waals surface area contributed by atoms with E-state index in [0.29, 0.717) is 22.7 Å². The summed E-state index contributed by atoms with van der Waals surface area (Å²) in [5, 5.41) is 0. The Morgan fingerprint density at radius 1 is 1.45 bits per heavy atom. The maximum absolute atomic E-state index is 10.7. The van der Waals surface area contributed by atoms with Gasteiger partial charge in [0, 0.05) is 6.42 Å². The zero-order valence-corrected chi connectivity index (χ0v) is 6.39. The molecule has 0 bridgehead atoms. The molecule has 11 heavy (non-hydrogen) atoms. The highest BCUT2D eigenvalue weighted by molar-refractivity contribution is 7.82. The van der Waals surface area contributed by atoms with Gasteiger partial charge in [0.1, 0.15) is 5.71 Å². The molecule has 1 heterocycles. The summed E-state index contributed by atoms with van der Waals surface area (Å²) in [6, 6.07) is -0.430. The topological polar surface area (TPSA) is 41.8 Å². The van der Waals surface area contributed by atoms with Gasteiger partial charge >= 0.3 is 6.03 Å². The molecule has 0 saturated heterocycles. The fourth-order valence-corrected chi connectivity index (χ4v) is 1.31. The summed E-state index contributed by atoms with van der Waals surface area (Å²) in [5.41, 5.74) is 1.30. The number of urea groups is 1. The Hall–Kier alpha value is -1.16. The van der Waals surface area contributed by atoms with Crippen molar-refractivity contribution in [1.82, 2.24) is 0 Å². The molecule has 2 amide bonds. The van der Waals surface area contributed by atoms with E-state index in [1.807, 2.05) is 6.08 Å². The first-order chi connectivity index (χ1) is 5.27. The lowest BCUT2D eigenvalue weighted by molar-refractivity contribution is 0.257. The third-order valence-electron chi connectivity index (χ3n) is 1.53. The van der Waals surface area contributed by atoms with Crippen LogP contribution in [0.1, 0.15) is 6.42 Å². The summed E-state index contributed by atoms with van der Waals surface area (Å²) in [6.45, 7) is 0. The second kappa shape index (κ2) is 2.17. The van der Waals surface area contributed by atoms with Crippen LogP contribution < -0.4 is 0 Å². The second-order valence-corrected chi connectivity index (χ2v) is 2.71. The number of fused-ring (bicyclic) bond motifs is 1. The maximum Gasteiger partial charge on any atom is 0.368 e. The molecule has 0 fully saturated rings. The summed E-state index contributed by atoms with van der Waals surface area (Å²) < 4.78 is 0. The number of allylic oxidation sites excluding steroid dienone is 2. The van der Waals surface area contributed by atoms with Crippen LogP contribution in [0.25, 0.3) is 0 Å². The number of amides is 2. The van der Waals surface area contributed by atoms with Gasteiger partial charge in [0.05, 0.1) is 10.6 Å². The minimum Gasteiger partial charge on any atom is -0.244 e. The van der Waals surface area contributed by atoms with E-state index in [9.17, 15) is 4.79 Å². The molecule has 1 aliphatic heterocycles. The van der Waals surface area contributed by atoms with Crippen molar-refractivity contribution in [1.29, 1.82) is 0 Å². The predicted molar refractivity (Wildman–Crippen MR) is 46.6 cm³/mol. The van der Waals surface area contributed by atoms with Gasteiger partial charge in [-0.15, -0.1) is 0 Å². The van der Waals surface area contributed by atoms with E-state index in [2.05, 4.69) is 9.98 Å². The second-order valence-electron chi connectivity index (χ2n) is 2.27. The van der Waals surface area contributed by atoms with E-state index in [4.69, 9.17) is 12.2 Å². The molecule has 0 N–H and O–H groups in total. The standard InChI is InChI=1S/C7H4N2OS/c10-7-8-4-2-1-3-5(11)6(4)9-7/h1,3H,2H2. The number of nitrogens with zero attached hydrogens (tertiary/aromatic N) is 2. The first-order valence-electron chi connectivity index (χ1n) is 3.19. The fourth-order valence-electron chi connectivity index (χ4n) is 1.05. The van der Waals surface area contributed by atoms with E-state index in [0.717, 1.165) is 0 Å². The van der Waals surface area contributed by atoms with Crippen molar-refractivity contribution in [3.8, 4) is 0 Å². The quantitative estimate of drug-likeness (QED) is 0.507. The number of hydrogen-bond donors (Lipinski definition) is 0. The Kier molecular flexibility index (Phi) is 1.29. The Bertz CT molecular complexity index is 338. The van der Waals surface area contributed by atoms with Crippen molar-refractivity contribution < 1.29 is 4.79 Å². The zero-order chi connectivity index (χ0) is 7.84. The molecule has 0 aromatic rings. The molecule has 4 heteroatoms. The van der Waals surface area contributed by atoms with Crippen molar-refractivity contribution in [2.24, 2.45) is 9.98 Å². The normalized spacial score (nSPS) is 21.5. The van der Waals surface area contributed by atoms with Crippen LogP contribution in [0.15, 0.2) is 22.1 Å². The number of hydrogen-bond acceptors (Lipinski definition) is 2. The molecule has 0 aromatic heterocycles. The van der Waals surface area contributed by atoms with Gasteiger partial charge in [-0.2, -0.15) is 9.98 Å². The first kappa shape index (κ1) is 6.54. The maximum atomic E-state index is 10.7. The average molecular weight is 164 g/mol. The fraction of sp³-hybridized carbons (Fsp3) is 0.143. The highest BCUT2D eigenvalue weighted by Gasteiger charge is 2.22. The highest BCUT2D eigenvalue weighted by atomic mass is 32.1. The molecule has 0 spiro atoms. The molecular formula is C7H4N2OS. The summed E-state index contributed by atoms with van der Waals surface area (Å²) >= 11 is 4.95. The van der Waals surface area contributed by atoms with E-state index in [-0.39, 0.29) is 0 Å². The molecule has 1 aliphatic carbocycles. The van der Waals surface area contributed by atoms with E-state index < -0.39 is 6.03 Å². The van der Waals surface area contributed by atoms with Crippen molar-refractivity contribution >= 4 is 34.5 Å². The first-order valence-corrected chi connectivity index (χ1v) is 3.59. The minimum atomic E-state index is -0.430. The van der Waals surface area contributed by atoms with Gasteiger partial charge in [0.2, 0.25) is 0 Å². The summed E-state index contributed by atoms with van der Waals surface area (Å²) in [4.78, 5) is 18.7. The molecule has 2 rings (SSSR count). The Morgan fingerprint density at radius 3 is 3.00 bits per heavy atom. The molecule has 3 nitrogen and oxygen atoms in total. The van der Waals surface area contributed by atoms with Crippen molar-refractivity contribution in [3.63, 3.8) is 0 Å². The smallest absolute Gasteiger partial charge is 0.244 e. The van der Waals surface area contributed by atoms with Crippen molar-refractivity contribution in [3.05, 3.63) is 12.2 Å². The number of carbonyl (C=O) groups excluding carboxylic acids is 1. The summed E-state index contributed by atoms with van der Waals surface area (Å²) in [6.07, 6.45) is 4.34. The van der Waals surface area contributed by atoms with Gasteiger partial charge in [-0.1, -0.05) is 18.3 Å². The van der Waals surface area contributed by atoms with Gasteiger partial charge in [-0.3, -0.25) is 0 Å². The van der Waals surface area contributed by atoms with E-state index in [1.165, 1.54) is 0 Å². The van der Waals surface area contributed by atoms with Crippen molar-refractivity contribution in [2.75, 3.05) is 0 Å². The average Bonchev–Trinajstić information content (AvgIpc) is 2.31. The van der Waals surface area contributed by atoms with Gasteiger partial charge in [0.25, 0.3) is 0 Å². The highest BCUT2D eigenvalue weighted by Crippen LogP contribution is 2.10. The van der Waals surface area contributed by atoms with Crippen molar-refractivity contribution in [2.45, 2.75) is 6.42 Å². The molecular weight excluding hydrogens is 160 g/mol. The monoisotopic (exact) mass is 164 g/mol. The predicted octanol–water partition coefficient (Wildman–Crippen LogP) is 1.33. The molecule has 2 aliphatic rings. The van der Waals surface area contributed by atoms with Crippen LogP contribution >= 0.6 is 12.2 Å². The lowest BCUT2D eigenvalue weighted by atomic mass is 10.0. The lowest BCUT2D eigenvalue weighted by Crippen LogP contribution is -2.21. The molecule has 0 radical (unpaired) electrons. The number of carbonyl (C=O) groups is 1. The van der Waals surface area contributed by atoms with Crippen LogP contribution in [0, 0.1) is 0 Å². The number of thiocarbonyl (C=S) groups is 1. The van der Waals surface area contributed by atoms with Gasteiger partial charge in [-0.25, -0.2) is 4.79 Å². The molecule has 54 valence electrons. The number of rotatable bonds is 0. The minimum absolute atomic E-state index is 0.430. The van der Waals surface area contributed by atoms with E-state index >= 15 is 0 Å². The Morgan fingerprint density at radius 2 is 2.27 bits per heavy atom. The Balaban J connectivity index is 2.53. The largest absolute Gasteiger partial charge is 0.368 e. The van der Waals surface area contributed by atoms with Crippen LogP contribution in [0.5, 0.6) is 0 Å².